The van der Waals surface area contributed by atoms with E-state index in [0.717, 1.165) is 5.56 Å². The molecular weight excluding hydrogens is 177 g/mol. The largest absolute Gasteiger partial charge is 0.322 e. The summed E-state index contributed by atoms with van der Waals surface area (Å²) in [4.78, 5) is 0. The predicted molar refractivity (Wildman–Crippen MR) is 49.1 cm³/mol. The van der Waals surface area contributed by atoms with Gasteiger partial charge in [-0.3, -0.25) is 0 Å². The molecule has 12 heavy (non-hydrogen) atoms. The summed E-state index contributed by atoms with van der Waals surface area (Å²) in [5.41, 5.74) is 7.18. The maximum Gasteiger partial charge on any atom is 0.109 e. The normalized spacial score (nSPS) is 13.0. The van der Waals surface area contributed by atoms with Crippen LogP contribution in [0.3, 0.4) is 0 Å². The number of rotatable bonds is 2. The zero-order valence-electron chi connectivity index (χ0n) is 6.85. The molecular formula is C9H11ClFN. The Morgan fingerprint density at radius 1 is 1.58 bits per heavy atom. The number of alkyl halides is 1. The minimum atomic E-state index is -0.598. The highest BCUT2D eigenvalue weighted by Crippen LogP contribution is 2.24. The molecule has 0 aromatic heterocycles. The van der Waals surface area contributed by atoms with Gasteiger partial charge in [0.1, 0.15) is 6.67 Å². The molecule has 0 aliphatic rings. The Morgan fingerprint density at radius 3 is 2.75 bits per heavy atom. The van der Waals surface area contributed by atoms with E-state index in [9.17, 15) is 4.39 Å². The molecule has 2 N–H and O–H groups in total. The van der Waals surface area contributed by atoms with Crippen LogP contribution in [0.1, 0.15) is 17.2 Å². The Balaban J connectivity index is 3.12. The van der Waals surface area contributed by atoms with Crippen LogP contribution in [-0.4, -0.2) is 6.67 Å². The predicted octanol–water partition coefficient (Wildman–Crippen LogP) is 2.62. The Labute approximate surface area is 76.3 Å². The first-order valence-corrected chi connectivity index (χ1v) is 4.11. The number of nitrogens with two attached hydrogens (primary N) is 1. The van der Waals surface area contributed by atoms with Gasteiger partial charge in [-0.2, -0.15) is 0 Å². The Morgan fingerprint density at radius 2 is 2.25 bits per heavy atom. The molecule has 0 bridgehead atoms. The summed E-state index contributed by atoms with van der Waals surface area (Å²) in [6.45, 7) is 1.29. The van der Waals surface area contributed by atoms with Gasteiger partial charge in [0.15, 0.2) is 0 Å². The number of hydrogen-bond acceptors (Lipinski definition) is 1. The van der Waals surface area contributed by atoms with Crippen LogP contribution in [0.15, 0.2) is 18.2 Å². The lowest BCUT2D eigenvalue weighted by Crippen LogP contribution is -2.14. The van der Waals surface area contributed by atoms with E-state index in [4.69, 9.17) is 17.3 Å². The number of aryl methyl sites for hydroxylation is 1. The first-order chi connectivity index (χ1) is 5.66. The number of halogens is 2. The standard InChI is InChI=1S/C9H11ClFN/c1-6-3-2-4-7(10)9(6)8(12)5-11/h2-4,8H,5,12H2,1H3/t8-/m1/s1. The van der Waals surface area contributed by atoms with Gasteiger partial charge in [-0.25, -0.2) is 4.39 Å². The van der Waals surface area contributed by atoms with Gasteiger partial charge in [0.05, 0.1) is 6.04 Å². The molecule has 66 valence electrons. The zero-order valence-corrected chi connectivity index (χ0v) is 7.61. The molecule has 0 unspecified atom stereocenters. The molecule has 1 atom stereocenters. The molecule has 1 nitrogen and oxygen atoms in total. The van der Waals surface area contributed by atoms with Gasteiger partial charge in [0, 0.05) is 5.02 Å². The van der Waals surface area contributed by atoms with Crippen LogP contribution in [-0.2, 0) is 0 Å². The van der Waals surface area contributed by atoms with E-state index < -0.39 is 12.7 Å². The second kappa shape index (κ2) is 3.87. The second-order valence-corrected chi connectivity index (χ2v) is 3.14. The SMILES string of the molecule is Cc1cccc(Cl)c1[C@H](N)CF. The third kappa shape index (κ3) is 1.76. The van der Waals surface area contributed by atoms with Crippen molar-refractivity contribution in [2.45, 2.75) is 13.0 Å². The molecule has 0 aliphatic carbocycles. The summed E-state index contributed by atoms with van der Waals surface area (Å²) in [5, 5.41) is 0.542. The third-order valence-electron chi connectivity index (χ3n) is 1.81. The Hall–Kier alpha value is -0.600. The monoisotopic (exact) mass is 187 g/mol. The van der Waals surface area contributed by atoms with E-state index >= 15 is 0 Å². The van der Waals surface area contributed by atoms with Crippen molar-refractivity contribution in [1.82, 2.24) is 0 Å². The molecule has 0 saturated carbocycles. The van der Waals surface area contributed by atoms with Gasteiger partial charge in [-0.1, -0.05) is 23.7 Å². The number of hydrogen-bond donors (Lipinski definition) is 1. The quantitative estimate of drug-likeness (QED) is 0.757. The molecule has 1 rings (SSSR count). The summed E-state index contributed by atoms with van der Waals surface area (Å²) >= 11 is 5.86. The fourth-order valence-electron chi connectivity index (χ4n) is 1.19. The van der Waals surface area contributed by atoms with Gasteiger partial charge in [-0.05, 0) is 24.1 Å². The molecule has 1 aromatic rings. The maximum atomic E-state index is 12.2. The summed E-state index contributed by atoms with van der Waals surface area (Å²) in [6.07, 6.45) is 0. The average molecular weight is 188 g/mol. The van der Waals surface area contributed by atoms with Crippen LogP contribution >= 0.6 is 11.6 Å². The zero-order chi connectivity index (χ0) is 9.14. The number of benzene rings is 1. The fraction of sp³-hybridized carbons (Fsp3) is 0.333. The van der Waals surface area contributed by atoms with Gasteiger partial charge in [0.2, 0.25) is 0 Å². The summed E-state index contributed by atoms with van der Waals surface area (Å²) in [6, 6.07) is 4.82. The molecule has 0 amide bonds. The molecule has 0 fully saturated rings. The van der Waals surface area contributed by atoms with Gasteiger partial charge in [0.25, 0.3) is 0 Å². The van der Waals surface area contributed by atoms with E-state index in [1.165, 1.54) is 0 Å². The van der Waals surface area contributed by atoms with Gasteiger partial charge >= 0.3 is 0 Å². The average Bonchev–Trinajstić information content (AvgIpc) is 2.03. The van der Waals surface area contributed by atoms with Gasteiger partial charge < -0.3 is 5.73 Å². The molecule has 0 spiro atoms. The smallest absolute Gasteiger partial charge is 0.109 e. The van der Waals surface area contributed by atoms with Crippen molar-refractivity contribution in [3.05, 3.63) is 34.3 Å². The van der Waals surface area contributed by atoms with Crippen molar-refractivity contribution in [2.75, 3.05) is 6.67 Å². The van der Waals surface area contributed by atoms with Crippen LogP contribution in [0.4, 0.5) is 4.39 Å². The van der Waals surface area contributed by atoms with Crippen LogP contribution in [0.5, 0.6) is 0 Å². The van der Waals surface area contributed by atoms with E-state index in [1.54, 1.807) is 6.07 Å². The van der Waals surface area contributed by atoms with E-state index in [-0.39, 0.29) is 0 Å². The van der Waals surface area contributed by atoms with Crippen molar-refractivity contribution in [1.29, 1.82) is 0 Å². The van der Waals surface area contributed by atoms with E-state index in [2.05, 4.69) is 0 Å². The van der Waals surface area contributed by atoms with Crippen LogP contribution in [0, 0.1) is 6.92 Å². The summed E-state index contributed by atoms with van der Waals surface area (Å²) in [5.74, 6) is 0. The van der Waals surface area contributed by atoms with Crippen molar-refractivity contribution in [3.63, 3.8) is 0 Å². The minimum Gasteiger partial charge on any atom is -0.322 e. The minimum absolute atomic E-state index is 0.542. The van der Waals surface area contributed by atoms with Crippen molar-refractivity contribution >= 4 is 11.6 Å². The highest BCUT2D eigenvalue weighted by Gasteiger charge is 2.11. The van der Waals surface area contributed by atoms with E-state index in [0.29, 0.717) is 10.6 Å². The van der Waals surface area contributed by atoms with Gasteiger partial charge in [-0.15, -0.1) is 0 Å². The Bertz CT molecular complexity index is 255. The summed E-state index contributed by atoms with van der Waals surface area (Å²) < 4.78 is 12.2. The molecule has 0 heterocycles. The van der Waals surface area contributed by atoms with Crippen molar-refractivity contribution in [3.8, 4) is 0 Å². The lowest BCUT2D eigenvalue weighted by molar-refractivity contribution is 0.436. The highest BCUT2D eigenvalue weighted by atomic mass is 35.5. The molecule has 3 heteroatoms. The lowest BCUT2D eigenvalue weighted by Gasteiger charge is -2.12. The molecule has 0 radical (unpaired) electrons. The molecule has 0 saturated heterocycles. The molecule has 0 aliphatic heterocycles. The first-order valence-electron chi connectivity index (χ1n) is 3.73. The van der Waals surface area contributed by atoms with Crippen LogP contribution in [0.25, 0.3) is 0 Å². The van der Waals surface area contributed by atoms with Crippen molar-refractivity contribution in [2.24, 2.45) is 5.73 Å². The van der Waals surface area contributed by atoms with Crippen molar-refractivity contribution < 1.29 is 4.39 Å². The fourth-order valence-corrected chi connectivity index (χ4v) is 1.55. The highest BCUT2D eigenvalue weighted by molar-refractivity contribution is 6.31. The second-order valence-electron chi connectivity index (χ2n) is 2.73. The summed E-state index contributed by atoms with van der Waals surface area (Å²) in [7, 11) is 0. The lowest BCUT2D eigenvalue weighted by atomic mass is 10.0. The van der Waals surface area contributed by atoms with E-state index in [1.807, 2.05) is 19.1 Å². The first kappa shape index (κ1) is 9.49. The van der Waals surface area contributed by atoms with Crippen LogP contribution in [0.2, 0.25) is 5.02 Å². The third-order valence-corrected chi connectivity index (χ3v) is 2.14. The molecule has 1 aromatic carbocycles. The topological polar surface area (TPSA) is 26.0 Å². The Kier molecular flexibility index (Phi) is 3.06. The maximum absolute atomic E-state index is 12.2. The van der Waals surface area contributed by atoms with Crippen LogP contribution < -0.4 is 5.73 Å².